The molecule has 1 aromatic rings. The zero-order chi connectivity index (χ0) is 11.1. The molecule has 0 radical (unpaired) electrons. The van der Waals surface area contributed by atoms with E-state index in [9.17, 15) is 4.79 Å². The van der Waals surface area contributed by atoms with Crippen LogP contribution in [0.2, 0.25) is 0 Å². The Kier molecular flexibility index (Phi) is 3.88. The smallest absolute Gasteiger partial charge is 0.217 e. The van der Waals surface area contributed by atoms with E-state index in [-0.39, 0.29) is 12.5 Å². The molecule has 0 fully saturated rings. The van der Waals surface area contributed by atoms with Crippen molar-refractivity contribution in [1.29, 1.82) is 5.26 Å². The number of nitrogens with one attached hydrogen (secondary N) is 1. The molecule has 4 nitrogen and oxygen atoms in total. The quantitative estimate of drug-likeness (QED) is 0.667. The Labute approximate surface area is 87.9 Å². The highest BCUT2D eigenvalue weighted by atomic mass is 16.1. The highest BCUT2D eigenvalue weighted by Gasteiger charge is 1.96. The van der Waals surface area contributed by atoms with Crippen LogP contribution in [0.5, 0.6) is 0 Å². The molecule has 1 rings (SSSR count). The molecule has 0 bridgehead atoms. The summed E-state index contributed by atoms with van der Waals surface area (Å²) in [7, 11) is 0. The van der Waals surface area contributed by atoms with Crippen molar-refractivity contribution in [3.05, 3.63) is 29.6 Å². The average Bonchev–Trinajstić information content (AvgIpc) is 2.24. The van der Waals surface area contributed by atoms with Gasteiger partial charge in [-0.3, -0.25) is 4.79 Å². The van der Waals surface area contributed by atoms with Gasteiger partial charge in [0.15, 0.2) is 0 Å². The number of carbonyl (C=O) groups is 1. The van der Waals surface area contributed by atoms with Crippen LogP contribution in [0.3, 0.4) is 0 Å². The number of hydrogen-bond donors (Lipinski definition) is 1. The monoisotopic (exact) mass is 199 g/mol. The van der Waals surface area contributed by atoms with Crippen molar-refractivity contribution < 1.29 is 4.79 Å². The Hall–Kier alpha value is -2.33. The number of hydrogen-bond acceptors (Lipinski definition) is 3. The molecule has 0 atom stereocenters. The number of nitrogens with zero attached hydrogens (tertiary/aromatic N) is 2. The Bertz CT molecular complexity index is 463. The standard InChI is InChI=1S/C11H9N3O/c1-9(15)13-6-3-5-11-10(8-12)4-2-7-14-11/h2,4,7H,6H2,1H3,(H,13,15). The van der Waals surface area contributed by atoms with Gasteiger partial charge in [-0.2, -0.15) is 5.26 Å². The van der Waals surface area contributed by atoms with Gasteiger partial charge in [0.25, 0.3) is 0 Å². The summed E-state index contributed by atoms with van der Waals surface area (Å²) >= 11 is 0. The zero-order valence-corrected chi connectivity index (χ0v) is 8.24. The van der Waals surface area contributed by atoms with Crippen LogP contribution in [-0.2, 0) is 4.79 Å². The summed E-state index contributed by atoms with van der Waals surface area (Å²) in [5.74, 6) is 5.30. The number of aromatic nitrogens is 1. The van der Waals surface area contributed by atoms with Gasteiger partial charge in [-0.25, -0.2) is 4.98 Å². The van der Waals surface area contributed by atoms with Crippen LogP contribution in [0.15, 0.2) is 18.3 Å². The molecule has 0 unspecified atom stereocenters. The molecule has 0 aliphatic heterocycles. The van der Waals surface area contributed by atoms with Crippen molar-refractivity contribution in [1.82, 2.24) is 10.3 Å². The van der Waals surface area contributed by atoms with Crippen molar-refractivity contribution in [2.24, 2.45) is 0 Å². The molecule has 1 N–H and O–H groups in total. The molecule has 1 heterocycles. The van der Waals surface area contributed by atoms with Gasteiger partial charge in [0.05, 0.1) is 12.1 Å². The maximum atomic E-state index is 10.5. The second-order valence-electron chi connectivity index (χ2n) is 2.72. The number of nitriles is 1. The third-order valence-corrected chi connectivity index (χ3v) is 1.56. The second-order valence-corrected chi connectivity index (χ2v) is 2.72. The van der Waals surface area contributed by atoms with E-state index in [0.717, 1.165) is 0 Å². The molecular weight excluding hydrogens is 190 g/mol. The first-order chi connectivity index (χ1) is 7.24. The molecule has 0 aromatic carbocycles. The van der Waals surface area contributed by atoms with Gasteiger partial charge in [-0.05, 0) is 18.1 Å². The van der Waals surface area contributed by atoms with E-state index < -0.39 is 0 Å². The van der Waals surface area contributed by atoms with E-state index in [4.69, 9.17) is 5.26 Å². The van der Waals surface area contributed by atoms with Gasteiger partial charge in [0.1, 0.15) is 11.8 Å². The molecule has 1 amide bonds. The molecular formula is C11H9N3O. The second kappa shape index (κ2) is 5.41. The van der Waals surface area contributed by atoms with E-state index in [1.165, 1.54) is 6.92 Å². The molecule has 0 spiro atoms. The van der Waals surface area contributed by atoms with Crippen LogP contribution in [0, 0.1) is 23.2 Å². The number of amides is 1. The van der Waals surface area contributed by atoms with E-state index >= 15 is 0 Å². The highest BCUT2D eigenvalue weighted by molar-refractivity contribution is 5.73. The molecule has 1 aromatic heterocycles. The lowest BCUT2D eigenvalue weighted by molar-refractivity contribution is -0.118. The third-order valence-electron chi connectivity index (χ3n) is 1.56. The first-order valence-electron chi connectivity index (χ1n) is 4.32. The predicted octanol–water partition coefficient (Wildman–Crippen LogP) is 0.441. The topological polar surface area (TPSA) is 65.8 Å². The largest absolute Gasteiger partial charge is 0.345 e. The maximum Gasteiger partial charge on any atom is 0.217 e. The van der Waals surface area contributed by atoms with Crippen molar-refractivity contribution in [3.8, 4) is 17.9 Å². The van der Waals surface area contributed by atoms with Gasteiger partial charge in [0, 0.05) is 13.1 Å². The lowest BCUT2D eigenvalue weighted by atomic mass is 10.2. The van der Waals surface area contributed by atoms with E-state index in [2.05, 4.69) is 22.1 Å². The van der Waals surface area contributed by atoms with E-state index in [1.54, 1.807) is 18.3 Å². The highest BCUT2D eigenvalue weighted by Crippen LogP contribution is 2.00. The molecule has 4 heteroatoms. The Balaban J connectivity index is 2.72. The molecule has 0 saturated heterocycles. The fourth-order valence-corrected chi connectivity index (χ4v) is 0.892. The summed E-state index contributed by atoms with van der Waals surface area (Å²) in [6, 6.07) is 5.32. The lowest BCUT2D eigenvalue weighted by Gasteiger charge is -1.93. The van der Waals surface area contributed by atoms with E-state index in [1.807, 2.05) is 6.07 Å². The first-order valence-corrected chi connectivity index (χ1v) is 4.32. The molecule has 0 aliphatic carbocycles. The van der Waals surface area contributed by atoms with Crippen LogP contribution in [0.1, 0.15) is 18.2 Å². The number of carbonyl (C=O) groups excluding carboxylic acids is 1. The maximum absolute atomic E-state index is 10.5. The van der Waals surface area contributed by atoms with Crippen molar-refractivity contribution >= 4 is 5.91 Å². The summed E-state index contributed by atoms with van der Waals surface area (Å²) in [5.41, 5.74) is 0.873. The molecule has 15 heavy (non-hydrogen) atoms. The van der Waals surface area contributed by atoms with Gasteiger partial charge in [-0.1, -0.05) is 5.92 Å². The molecule has 0 aliphatic rings. The summed E-state index contributed by atoms with van der Waals surface area (Å²) in [5, 5.41) is 11.3. The number of pyridine rings is 1. The lowest BCUT2D eigenvalue weighted by Crippen LogP contribution is -2.19. The summed E-state index contributed by atoms with van der Waals surface area (Å²) in [4.78, 5) is 14.5. The SMILES string of the molecule is CC(=O)NCC#Cc1ncccc1C#N. The van der Waals surface area contributed by atoms with Crippen LogP contribution >= 0.6 is 0 Å². The minimum Gasteiger partial charge on any atom is -0.345 e. The first kappa shape index (κ1) is 10.7. The van der Waals surface area contributed by atoms with Crippen molar-refractivity contribution in [2.75, 3.05) is 6.54 Å². The predicted molar refractivity (Wildman–Crippen MR) is 54.5 cm³/mol. The minimum atomic E-state index is -0.133. The normalized spacial score (nSPS) is 8.27. The summed E-state index contributed by atoms with van der Waals surface area (Å²) < 4.78 is 0. The molecule has 0 saturated carbocycles. The Morgan fingerprint density at radius 3 is 3.13 bits per heavy atom. The third kappa shape index (κ3) is 3.50. The number of rotatable bonds is 1. The van der Waals surface area contributed by atoms with Gasteiger partial charge < -0.3 is 5.32 Å². The summed E-state index contributed by atoms with van der Waals surface area (Å²) in [6.07, 6.45) is 1.57. The minimum absolute atomic E-state index is 0.133. The van der Waals surface area contributed by atoms with Gasteiger partial charge >= 0.3 is 0 Å². The van der Waals surface area contributed by atoms with Gasteiger partial charge in [-0.15, -0.1) is 0 Å². The van der Waals surface area contributed by atoms with Crippen molar-refractivity contribution in [3.63, 3.8) is 0 Å². The zero-order valence-electron chi connectivity index (χ0n) is 8.24. The Morgan fingerprint density at radius 2 is 2.47 bits per heavy atom. The average molecular weight is 199 g/mol. The van der Waals surface area contributed by atoms with Crippen LogP contribution in [0.25, 0.3) is 0 Å². The van der Waals surface area contributed by atoms with Crippen LogP contribution in [0.4, 0.5) is 0 Å². The van der Waals surface area contributed by atoms with E-state index in [0.29, 0.717) is 11.3 Å². The fourth-order valence-electron chi connectivity index (χ4n) is 0.892. The fraction of sp³-hybridized carbons (Fsp3) is 0.182. The van der Waals surface area contributed by atoms with Crippen LogP contribution < -0.4 is 5.32 Å². The van der Waals surface area contributed by atoms with Crippen LogP contribution in [-0.4, -0.2) is 17.4 Å². The Morgan fingerprint density at radius 1 is 1.67 bits per heavy atom. The van der Waals surface area contributed by atoms with Gasteiger partial charge in [0.2, 0.25) is 5.91 Å². The summed E-state index contributed by atoms with van der Waals surface area (Å²) in [6.45, 7) is 1.68. The van der Waals surface area contributed by atoms with Crippen molar-refractivity contribution in [2.45, 2.75) is 6.92 Å². The molecule has 74 valence electrons.